The molecule has 0 aromatic carbocycles. The Morgan fingerprint density at radius 2 is 2.25 bits per heavy atom. The number of anilines is 1. The summed E-state index contributed by atoms with van der Waals surface area (Å²) in [6.45, 7) is 1.99. The third kappa shape index (κ3) is 3.45. The van der Waals surface area contributed by atoms with Crippen molar-refractivity contribution < 1.29 is 14.7 Å². The Morgan fingerprint density at radius 1 is 1.45 bits per heavy atom. The highest BCUT2D eigenvalue weighted by Crippen LogP contribution is 2.25. The summed E-state index contributed by atoms with van der Waals surface area (Å²) in [5, 5.41) is 17.5. The van der Waals surface area contributed by atoms with Crippen LogP contribution in [0.25, 0.3) is 0 Å². The molecule has 2 N–H and O–H groups in total. The van der Waals surface area contributed by atoms with Crippen molar-refractivity contribution in [1.29, 1.82) is 0 Å². The van der Waals surface area contributed by atoms with Gasteiger partial charge in [-0.2, -0.15) is 5.10 Å². The van der Waals surface area contributed by atoms with Crippen LogP contribution in [-0.4, -0.2) is 26.8 Å². The highest BCUT2D eigenvalue weighted by Gasteiger charge is 2.15. The first-order valence-corrected chi connectivity index (χ1v) is 7.04. The van der Waals surface area contributed by atoms with Crippen LogP contribution in [0.3, 0.4) is 0 Å². The number of carbonyl (C=O) groups excluding carboxylic acids is 1. The van der Waals surface area contributed by atoms with Crippen LogP contribution in [0.5, 0.6) is 0 Å². The lowest BCUT2D eigenvalue weighted by Crippen LogP contribution is -2.18. The van der Waals surface area contributed by atoms with Gasteiger partial charge in [-0.15, -0.1) is 11.3 Å². The molecule has 0 aliphatic carbocycles. The van der Waals surface area contributed by atoms with E-state index in [1.54, 1.807) is 28.3 Å². The van der Waals surface area contributed by atoms with Gasteiger partial charge in [-0.05, 0) is 18.4 Å². The van der Waals surface area contributed by atoms with Crippen molar-refractivity contribution in [2.24, 2.45) is 0 Å². The predicted octanol–water partition coefficient (Wildman–Crippen LogP) is 2.36. The summed E-state index contributed by atoms with van der Waals surface area (Å²) in [6.07, 6.45) is 1.38. The number of amides is 1. The molecular weight excluding hydrogens is 278 g/mol. The van der Waals surface area contributed by atoms with Crippen molar-refractivity contribution in [3.63, 3.8) is 0 Å². The Morgan fingerprint density at radius 3 is 2.90 bits per heavy atom. The number of hydrogen-bond acceptors (Lipinski definition) is 4. The quantitative estimate of drug-likeness (QED) is 0.856. The van der Waals surface area contributed by atoms with Gasteiger partial charge >= 0.3 is 5.97 Å². The highest BCUT2D eigenvalue weighted by molar-refractivity contribution is 7.10. The van der Waals surface area contributed by atoms with Gasteiger partial charge in [0.05, 0.1) is 18.7 Å². The molecule has 7 heteroatoms. The predicted molar refractivity (Wildman–Crippen MR) is 75.9 cm³/mol. The number of aromatic nitrogens is 2. The zero-order valence-electron chi connectivity index (χ0n) is 10.9. The zero-order chi connectivity index (χ0) is 14.5. The number of thiophene rings is 1. The summed E-state index contributed by atoms with van der Waals surface area (Å²) in [4.78, 5) is 23.2. The average molecular weight is 293 g/mol. The van der Waals surface area contributed by atoms with Gasteiger partial charge in [-0.1, -0.05) is 6.07 Å². The summed E-state index contributed by atoms with van der Waals surface area (Å²) < 4.78 is 1.71. The molecule has 2 heterocycles. The number of nitrogens with one attached hydrogen (secondary N) is 1. The fraction of sp³-hybridized carbons (Fsp3) is 0.308. The van der Waals surface area contributed by atoms with E-state index < -0.39 is 5.97 Å². The van der Waals surface area contributed by atoms with Gasteiger partial charge in [0, 0.05) is 17.4 Å². The van der Waals surface area contributed by atoms with Gasteiger partial charge in [0.25, 0.3) is 0 Å². The van der Waals surface area contributed by atoms with Crippen molar-refractivity contribution in [3.8, 4) is 0 Å². The number of hydrogen-bond donors (Lipinski definition) is 2. The van der Waals surface area contributed by atoms with Crippen molar-refractivity contribution in [3.05, 3.63) is 34.7 Å². The van der Waals surface area contributed by atoms with Crippen LogP contribution in [0.1, 0.15) is 30.7 Å². The van der Waals surface area contributed by atoms with Crippen molar-refractivity contribution in [2.75, 3.05) is 5.32 Å². The lowest BCUT2D eigenvalue weighted by atomic mass is 10.3. The molecule has 2 aromatic heterocycles. The van der Waals surface area contributed by atoms with Gasteiger partial charge < -0.3 is 10.4 Å². The standard InChI is InChI=1S/C13H15N3O3S/c1-9(10-3-2-8-20-10)16-11(6-7-14-16)15-12(17)4-5-13(18)19/h2-3,6-9H,4-5H2,1H3,(H,15,17)(H,18,19)/t9-/m1/s1. The lowest BCUT2D eigenvalue weighted by molar-refractivity contribution is -0.138. The molecule has 0 aliphatic rings. The van der Waals surface area contributed by atoms with E-state index in [0.717, 1.165) is 4.88 Å². The fourth-order valence-corrected chi connectivity index (χ4v) is 2.57. The second-order valence-electron chi connectivity index (χ2n) is 4.29. The van der Waals surface area contributed by atoms with Crippen LogP contribution in [0.2, 0.25) is 0 Å². The second kappa shape index (κ2) is 6.33. The molecule has 106 valence electrons. The first-order valence-electron chi connectivity index (χ1n) is 6.16. The van der Waals surface area contributed by atoms with E-state index >= 15 is 0 Å². The summed E-state index contributed by atoms with van der Waals surface area (Å²) >= 11 is 1.62. The fourth-order valence-electron chi connectivity index (χ4n) is 1.80. The Hall–Kier alpha value is -2.15. The zero-order valence-corrected chi connectivity index (χ0v) is 11.8. The Kier molecular flexibility index (Phi) is 4.52. The summed E-state index contributed by atoms with van der Waals surface area (Å²) in [7, 11) is 0. The molecule has 0 bridgehead atoms. The molecule has 1 atom stereocenters. The Balaban J connectivity index is 2.05. The van der Waals surface area contributed by atoms with E-state index in [0.29, 0.717) is 5.82 Å². The van der Waals surface area contributed by atoms with E-state index in [9.17, 15) is 9.59 Å². The normalized spacial score (nSPS) is 12.1. The number of aliphatic carboxylic acids is 1. The summed E-state index contributed by atoms with van der Waals surface area (Å²) in [6, 6.07) is 5.68. The van der Waals surface area contributed by atoms with E-state index in [4.69, 9.17) is 5.11 Å². The van der Waals surface area contributed by atoms with Gasteiger partial charge in [0.1, 0.15) is 5.82 Å². The van der Waals surface area contributed by atoms with Crippen LogP contribution in [-0.2, 0) is 9.59 Å². The molecule has 2 aromatic rings. The number of carboxylic acids is 1. The summed E-state index contributed by atoms with van der Waals surface area (Å²) in [5.41, 5.74) is 0. The van der Waals surface area contributed by atoms with Gasteiger partial charge in [0.15, 0.2) is 0 Å². The monoisotopic (exact) mass is 293 g/mol. The molecule has 2 rings (SSSR count). The largest absolute Gasteiger partial charge is 0.481 e. The van der Waals surface area contributed by atoms with E-state index in [-0.39, 0.29) is 24.8 Å². The molecular formula is C13H15N3O3S. The lowest BCUT2D eigenvalue weighted by Gasteiger charge is -2.14. The number of carbonyl (C=O) groups is 2. The van der Waals surface area contributed by atoms with Crippen LogP contribution < -0.4 is 5.32 Å². The maximum atomic E-state index is 11.7. The van der Waals surface area contributed by atoms with Crippen LogP contribution >= 0.6 is 11.3 Å². The third-order valence-corrected chi connectivity index (χ3v) is 3.87. The number of rotatable bonds is 6. The molecule has 0 saturated heterocycles. The second-order valence-corrected chi connectivity index (χ2v) is 5.27. The molecule has 6 nitrogen and oxygen atoms in total. The average Bonchev–Trinajstić information content (AvgIpc) is 3.06. The molecule has 0 radical (unpaired) electrons. The highest BCUT2D eigenvalue weighted by atomic mass is 32.1. The molecule has 20 heavy (non-hydrogen) atoms. The SMILES string of the molecule is C[C@H](c1cccs1)n1nccc1NC(=O)CCC(=O)O. The van der Waals surface area contributed by atoms with E-state index in [1.807, 2.05) is 24.4 Å². The third-order valence-electron chi connectivity index (χ3n) is 2.83. The van der Waals surface area contributed by atoms with Crippen LogP contribution in [0.4, 0.5) is 5.82 Å². The van der Waals surface area contributed by atoms with Crippen LogP contribution in [0.15, 0.2) is 29.8 Å². The van der Waals surface area contributed by atoms with Crippen molar-refractivity contribution >= 4 is 29.0 Å². The molecule has 0 unspecified atom stereocenters. The maximum absolute atomic E-state index is 11.7. The number of carboxylic acid groups (broad SMARTS) is 1. The van der Waals surface area contributed by atoms with Crippen molar-refractivity contribution in [1.82, 2.24) is 9.78 Å². The maximum Gasteiger partial charge on any atom is 0.303 e. The Labute approximate surface area is 120 Å². The van der Waals surface area contributed by atoms with E-state index in [2.05, 4.69) is 10.4 Å². The molecule has 1 amide bonds. The first-order chi connectivity index (χ1) is 9.58. The smallest absolute Gasteiger partial charge is 0.303 e. The van der Waals surface area contributed by atoms with Gasteiger partial charge in [-0.25, -0.2) is 4.68 Å². The van der Waals surface area contributed by atoms with Crippen LogP contribution in [0, 0.1) is 0 Å². The molecule has 0 spiro atoms. The van der Waals surface area contributed by atoms with Gasteiger partial charge in [-0.3, -0.25) is 9.59 Å². The molecule has 0 aliphatic heterocycles. The first kappa shape index (κ1) is 14.3. The number of nitrogens with zero attached hydrogens (tertiary/aromatic N) is 2. The topological polar surface area (TPSA) is 84.2 Å². The molecule has 0 saturated carbocycles. The molecule has 0 fully saturated rings. The minimum Gasteiger partial charge on any atom is -0.481 e. The Bertz CT molecular complexity index is 592. The summed E-state index contributed by atoms with van der Waals surface area (Å²) in [5.74, 6) is -0.741. The van der Waals surface area contributed by atoms with Crippen molar-refractivity contribution in [2.45, 2.75) is 25.8 Å². The van der Waals surface area contributed by atoms with E-state index in [1.165, 1.54) is 0 Å². The van der Waals surface area contributed by atoms with Gasteiger partial charge in [0.2, 0.25) is 5.91 Å². The minimum absolute atomic E-state index is 0.0137. The minimum atomic E-state index is -0.986.